The molecular weight excluding hydrogens is 1130 g/mol. The fraction of sp³-hybridized carbons (Fsp3) is 0.172. The van der Waals surface area contributed by atoms with E-state index in [4.69, 9.17) is 0 Å². The Morgan fingerprint density at radius 1 is 0.264 bits per heavy atom. The van der Waals surface area contributed by atoms with Crippen LogP contribution in [0, 0.1) is 0 Å². The molecule has 0 spiro atoms. The van der Waals surface area contributed by atoms with Crippen LogP contribution in [0.3, 0.4) is 0 Å². The third-order valence-electron chi connectivity index (χ3n) is 20.5. The van der Waals surface area contributed by atoms with Gasteiger partial charge in [0.1, 0.15) is 0 Å². The summed E-state index contributed by atoms with van der Waals surface area (Å²) in [7, 11) is -2.97. The molecular formula is C87H80N2Si2. The van der Waals surface area contributed by atoms with E-state index in [-0.39, 0.29) is 16.2 Å². The zero-order chi connectivity index (χ0) is 62.9. The summed E-state index contributed by atoms with van der Waals surface area (Å²) in [5.74, 6) is 0. The summed E-state index contributed by atoms with van der Waals surface area (Å²) >= 11 is 0. The molecule has 3 aliphatic rings. The van der Waals surface area contributed by atoms with Crippen LogP contribution in [-0.2, 0) is 16.2 Å². The highest BCUT2D eigenvalue weighted by atomic mass is 28.3. The molecule has 0 aromatic heterocycles. The molecule has 0 heterocycles. The summed E-state index contributed by atoms with van der Waals surface area (Å²) < 4.78 is 0. The Morgan fingerprint density at radius 3 is 0.835 bits per heavy atom. The van der Waals surface area contributed by atoms with Crippen molar-refractivity contribution in [2.45, 2.75) is 97.1 Å². The third-order valence-corrected chi connectivity index (χ3v) is 24.7. The maximum atomic E-state index is 2.47. The van der Waals surface area contributed by atoms with Gasteiger partial charge in [-0.3, -0.25) is 0 Å². The second-order valence-corrected chi connectivity index (χ2v) is 39.6. The predicted molar refractivity (Wildman–Crippen MR) is 400 cm³/mol. The van der Waals surface area contributed by atoms with Gasteiger partial charge >= 0.3 is 0 Å². The Balaban J connectivity index is 0.671. The van der Waals surface area contributed by atoms with Crippen molar-refractivity contribution in [3.8, 4) is 33.4 Å². The van der Waals surface area contributed by atoms with Gasteiger partial charge in [-0.2, -0.15) is 0 Å². The van der Waals surface area contributed by atoms with E-state index in [2.05, 4.69) is 358 Å². The minimum absolute atomic E-state index is 0.163. The number of rotatable bonds is 12. The van der Waals surface area contributed by atoms with Crippen molar-refractivity contribution in [2.75, 3.05) is 9.80 Å². The zero-order valence-corrected chi connectivity index (χ0v) is 56.8. The standard InChI is InChI=1S/C87H80N2Si2/c1-85(2)77-51-57(27-29-59-33-47-73-75-49-39-65(55-81(75)86(3,4)79(73)53-59)88(63-35-41-67(42-36-63)90(7,8)9)83-25-17-21-61-19-13-15-23-69(61)83)31-45-71(77)72-46-32-58(52-78(72)85)28-30-60-34-48-74-76-50-40-66(56-82(76)87(5,6)80(74)54-60)89(64-37-43-68(44-38-64)91(10,11)12)84-26-18-22-62-20-14-16-24-70(62)84/h13-56H,1-12H3. The smallest absolute Gasteiger partial charge is 0.0775 e. The van der Waals surface area contributed by atoms with Crippen LogP contribution in [0.2, 0.25) is 39.3 Å². The van der Waals surface area contributed by atoms with E-state index in [0.717, 1.165) is 0 Å². The Kier molecular flexibility index (Phi) is 13.7. The number of hydrogen-bond acceptors (Lipinski definition) is 2. The first-order valence-corrected chi connectivity index (χ1v) is 39.6. The average molecular weight is 1210 g/mol. The van der Waals surface area contributed by atoms with Crippen molar-refractivity contribution in [2.24, 2.45) is 0 Å². The zero-order valence-electron chi connectivity index (χ0n) is 54.8. The molecule has 15 rings (SSSR count). The minimum Gasteiger partial charge on any atom is -0.310 e. The topological polar surface area (TPSA) is 6.48 Å². The van der Waals surface area contributed by atoms with Gasteiger partial charge in [-0.05, 0) is 160 Å². The fourth-order valence-electron chi connectivity index (χ4n) is 15.2. The highest BCUT2D eigenvalue weighted by molar-refractivity contribution is 6.89. The molecule has 0 unspecified atom stereocenters. The van der Waals surface area contributed by atoms with E-state index < -0.39 is 16.1 Å². The van der Waals surface area contributed by atoms with Crippen molar-refractivity contribution in [1.29, 1.82) is 0 Å². The number of hydrogen-bond donors (Lipinski definition) is 0. The molecule has 0 bridgehead atoms. The van der Waals surface area contributed by atoms with Gasteiger partial charge in [-0.1, -0.05) is 297 Å². The molecule has 0 amide bonds. The molecule has 91 heavy (non-hydrogen) atoms. The molecule has 0 fully saturated rings. The predicted octanol–water partition coefficient (Wildman–Crippen LogP) is 23.3. The molecule has 0 aliphatic heterocycles. The lowest BCUT2D eigenvalue weighted by Crippen LogP contribution is -2.37. The van der Waals surface area contributed by atoms with E-state index in [0.29, 0.717) is 0 Å². The van der Waals surface area contributed by atoms with Crippen LogP contribution in [-0.4, -0.2) is 16.1 Å². The molecule has 0 radical (unpaired) electrons. The van der Waals surface area contributed by atoms with Crippen LogP contribution in [0.4, 0.5) is 34.1 Å². The Bertz CT molecular complexity index is 4660. The molecule has 446 valence electrons. The van der Waals surface area contributed by atoms with Crippen LogP contribution in [0.25, 0.3) is 79.2 Å². The van der Waals surface area contributed by atoms with Crippen LogP contribution in [0.1, 0.15) is 97.2 Å². The van der Waals surface area contributed by atoms with E-state index in [1.165, 1.54) is 155 Å². The number of fused-ring (bicyclic) bond motifs is 11. The van der Waals surface area contributed by atoms with Crippen molar-refractivity contribution < 1.29 is 0 Å². The minimum atomic E-state index is -1.48. The van der Waals surface area contributed by atoms with Crippen molar-refractivity contribution in [1.82, 2.24) is 0 Å². The Morgan fingerprint density at radius 2 is 0.527 bits per heavy atom. The lowest BCUT2D eigenvalue weighted by molar-refractivity contribution is 0.660. The second kappa shape index (κ2) is 21.4. The maximum absolute atomic E-state index is 2.47. The molecule has 0 saturated carbocycles. The number of anilines is 6. The molecule has 2 nitrogen and oxygen atoms in total. The number of nitrogens with zero attached hydrogens (tertiary/aromatic N) is 2. The maximum Gasteiger partial charge on any atom is 0.0775 e. The molecule has 3 aliphatic carbocycles. The monoisotopic (exact) mass is 1210 g/mol. The van der Waals surface area contributed by atoms with Crippen LogP contribution in [0.15, 0.2) is 243 Å². The van der Waals surface area contributed by atoms with Gasteiger partial charge in [-0.15, -0.1) is 0 Å². The van der Waals surface area contributed by atoms with E-state index in [9.17, 15) is 0 Å². The summed E-state index contributed by atoms with van der Waals surface area (Å²) in [5.41, 5.74) is 27.5. The first-order chi connectivity index (χ1) is 43.6. The quantitative estimate of drug-likeness (QED) is 0.0889. The summed E-state index contributed by atoms with van der Waals surface area (Å²) in [6.45, 7) is 28.9. The molecule has 0 atom stereocenters. The first kappa shape index (κ1) is 58.1. The SMILES string of the molecule is CC1(C)c2cc(C=Cc3ccc4c(c3)C(C)(C)c3cc(N(c5ccc([Si](C)(C)C)cc5)c5cccc6ccccc56)ccc3-4)ccc2-c2ccc(C=Cc3ccc4c(c3)C(C)(C)c3cc(N(c5ccc([Si](C)(C)C)cc5)c5cccc6ccccc56)ccc3-4)cc21. The average Bonchev–Trinajstić information content (AvgIpc) is 1.61. The lowest BCUT2D eigenvalue weighted by Gasteiger charge is -2.29. The van der Waals surface area contributed by atoms with Gasteiger partial charge in [0.2, 0.25) is 0 Å². The number of benzene rings is 12. The summed E-state index contributed by atoms with van der Waals surface area (Å²) in [6, 6.07) is 92.3. The lowest BCUT2D eigenvalue weighted by atomic mass is 9.81. The van der Waals surface area contributed by atoms with Gasteiger partial charge in [0.15, 0.2) is 0 Å². The van der Waals surface area contributed by atoms with E-state index in [1.54, 1.807) is 0 Å². The Labute approximate surface area is 541 Å². The van der Waals surface area contributed by atoms with Gasteiger partial charge in [0, 0.05) is 49.8 Å². The Hall–Kier alpha value is -9.33. The van der Waals surface area contributed by atoms with Gasteiger partial charge in [-0.25, -0.2) is 0 Å². The second-order valence-electron chi connectivity index (χ2n) is 29.5. The van der Waals surface area contributed by atoms with Crippen LogP contribution < -0.4 is 20.2 Å². The first-order valence-electron chi connectivity index (χ1n) is 32.6. The van der Waals surface area contributed by atoms with Gasteiger partial charge < -0.3 is 9.80 Å². The largest absolute Gasteiger partial charge is 0.310 e. The summed E-state index contributed by atoms with van der Waals surface area (Å²) in [6.07, 6.45) is 9.23. The van der Waals surface area contributed by atoms with Crippen molar-refractivity contribution in [3.05, 3.63) is 298 Å². The molecule has 12 aromatic rings. The van der Waals surface area contributed by atoms with E-state index in [1.807, 2.05) is 0 Å². The highest BCUT2D eigenvalue weighted by Gasteiger charge is 2.39. The third kappa shape index (κ3) is 9.89. The molecule has 4 heteroatoms. The molecule has 0 N–H and O–H groups in total. The van der Waals surface area contributed by atoms with Gasteiger partial charge in [0.05, 0.1) is 27.5 Å². The highest BCUT2D eigenvalue weighted by Crippen LogP contribution is 2.55. The fourth-order valence-corrected chi connectivity index (χ4v) is 17.6. The van der Waals surface area contributed by atoms with Crippen LogP contribution >= 0.6 is 0 Å². The van der Waals surface area contributed by atoms with Gasteiger partial charge in [0.25, 0.3) is 0 Å². The van der Waals surface area contributed by atoms with Crippen LogP contribution in [0.5, 0.6) is 0 Å². The van der Waals surface area contributed by atoms with Crippen molar-refractivity contribution >= 4 is 106 Å². The summed E-state index contributed by atoms with van der Waals surface area (Å²) in [4.78, 5) is 4.94. The summed E-state index contributed by atoms with van der Waals surface area (Å²) in [5, 5.41) is 7.89. The normalized spacial score (nSPS) is 14.8. The van der Waals surface area contributed by atoms with Crippen molar-refractivity contribution in [3.63, 3.8) is 0 Å². The molecule has 0 saturated heterocycles. The molecule has 12 aromatic carbocycles. The van der Waals surface area contributed by atoms with E-state index >= 15 is 0 Å².